The summed E-state index contributed by atoms with van der Waals surface area (Å²) >= 11 is 13.2. The number of amides is 2. The van der Waals surface area contributed by atoms with Gasteiger partial charge in [-0.2, -0.15) is 0 Å². The Hall–Kier alpha value is -4.25. The number of sulfonamides is 1. The van der Waals surface area contributed by atoms with Crippen molar-refractivity contribution in [2.75, 3.05) is 25.1 Å². The molecule has 4 rings (SSSR count). The lowest BCUT2D eigenvalue weighted by Gasteiger charge is -2.34. The number of nitrogens with one attached hydrogen (secondary N) is 1. The highest BCUT2D eigenvalue weighted by atomic mass is 35.5. The maximum absolute atomic E-state index is 14.8. The molecule has 260 valence electrons. The van der Waals surface area contributed by atoms with E-state index < -0.39 is 34.4 Å². The summed E-state index contributed by atoms with van der Waals surface area (Å²) in [7, 11) is -1.42. The minimum atomic E-state index is -4.32. The van der Waals surface area contributed by atoms with Gasteiger partial charge in [-0.1, -0.05) is 84.2 Å². The van der Waals surface area contributed by atoms with E-state index in [1.165, 1.54) is 43.4 Å². The normalized spacial score (nSPS) is 12.5. The van der Waals surface area contributed by atoms with E-state index in [9.17, 15) is 18.0 Å². The summed E-state index contributed by atoms with van der Waals surface area (Å²) in [5.74, 6) is -0.397. The van der Waals surface area contributed by atoms with E-state index in [1.54, 1.807) is 36.4 Å². The molecule has 0 fully saturated rings. The highest BCUT2D eigenvalue weighted by molar-refractivity contribution is 7.92. The summed E-state index contributed by atoms with van der Waals surface area (Å²) < 4.78 is 40.6. The number of rotatable bonds is 15. The maximum atomic E-state index is 14.8. The summed E-state index contributed by atoms with van der Waals surface area (Å²) in [5, 5.41) is 3.62. The van der Waals surface area contributed by atoms with E-state index >= 15 is 0 Å². The second-order valence-corrected chi connectivity index (χ2v) is 14.3. The number of anilines is 1. The number of aryl methyl sites for hydroxylation is 1. The Morgan fingerprint density at radius 3 is 2.08 bits per heavy atom. The highest BCUT2D eigenvalue weighted by Crippen LogP contribution is 2.34. The van der Waals surface area contributed by atoms with Crippen molar-refractivity contribution in [2.45, 2.75) is 57.1 Å². The van der Waals surface area contributed by atoms with Gasteiger partial charge in [0.2, 0.25) is 11.8 Å². The van der Waals surface area contributed by atoms with E-state index in [0.717, 1.165) is 15.4 Å². The van der Waals surface area contributed by atoms with Crippen LogP contribution >= 0.6 is 23.2 Å². The molecule has 9 nitrogen and oxygen atoms in total. The van der Waals surface area contributed by atoms with Crippen molar-refractivity contribution in [3.8, 4) is 11.5 Å². The molecule has 4 aromatic rings. The number of carbonyl (C=O) groups excluding carboxylic acids is 2. The average Bonchev–Trinajstić information content (AvgIpc) is 3.09. The van der Waals surface area contributed by atoms with Crippen molar-refractivity contribution in [3.63, 3.8) is 0 Å². The third-order valence-corrected chi connectivity index (χ3v) is 10.7. The number of carbonyl (C=O) groups is 2. The van der Waals surface area contributed by atoms with Crippen LogP contribution in [0.25, 0.3) is 0 Å². The number of hydrogen-bond acceptors (Lipinski definition) is 6. The Labute approximate surface area is 298 Å². The van der Waals surface area contributed by atoms with Gasteiger partial charge in [-0.3, -0.25) is 13.9 Å². The smallest absolute Gasteiger partial charge is 0.264 e. The van der Waals surface area contributed by atoms with Gasteiger partial charge in [0.1, 0.15) is 12.6 Å². The Morgan fingerprint density at radius 2 is 1.49 bits per heavy atom. The van der Waals surface area contributed by atoms with Gasteiger partial charge < -0.3 is 19.7 Å². The first kappa shape index (κ1) is 37.6. The largest absolute Gasteiger partial charge is 0.493 e. The molecule has 0 aromatic heterocycles. The maximum Gasteiger partial charge on any atom is 0.264 e. The van der Waals surface area contributed by atoms with Crippen LogP contribution in [0.4, 0.5) is 5.69 Å². The molecule has 0 aliphatic rings. The molecular weight excluding hydrogens is 685 g/mol. The molecule has 0 saturated heterocycles. The Kier molecular flexibility index (Phi) is 13.0. The molecule has 2 atom stereocenters. The third-order valence-electron chi connectivity index (χ3n) is 8.21. The molecular formula is C37H41Cl2N3O6S. The topological polar surface area (TPSA) is 105 Å². The van der Waals surface area contributed by atoms with Crippen LogP contribution in [0.3, 0.4) is 0 Å². The number of halogens is 2. The number of methoxy groups -OCH3 is 2. The van der Waals surface area contributed by atoms with E-state index in [1.807, 2.05) is 51.1 Å². The molecule has 1 N–H and O–H groups in total. The SMILES string of the molecule is CC[C@H](C)NC(=O)[C@H](Cc1ccccc1)N(Cc1c(Cl)cccc1Cl)C(=O)CN(c1ccc(OC)c(OC)c1)S(=O)(=O)c1ccc(C)cc1. The lowest BCUT2D eigenvalue weighted by molar-refractivity contribution is -0.140. The van der Waals surface area contributed by atoms with Gasteiger partial charge in [0, 0.05) is 40.7 Å². The van der Waals surface area contributed by atoms with Crippen LogP contribution in [0.5, 0.6) is 11.5 Å². The molecule has 0 radical (unpaired) electrons. The number of benzene rings is 4. The third kappa shape index (κ3) is 9.26. The fourth-order valence-corrected chi connectivity index (χ4v) is 7.12. The molecule has 2 amide bonds. The quantitative estimate of drug-likeness (QED) is 0.141. The van der Waals surface area contributed by atoms with Crippen LogP contribution in [0, 0.1) is 6.92 Å². The molecule has 4 aromatic carbocycles. The Balaban J connectivity index is 1.88. The predicted molar refractivity (Wildman–Crippen MR) is 194 cm³/mol. The summed E-state index contributed by atoms with van der Waals surface area (Å²) in [6.07, 6.45) is 0.813. The van der Waals surface area contributed by atoms with Crippen LogP contribution in [0.2, 0.25) is 10.0 Å². The second kappa shape index (κ2) is 16.9. The standard InChI is InChI=1S/C37H41Cl2N3O6S/c1-6-26(3)40-37(44)33(21-27-11-8-7-9-12-27)41(23-30-31(38)13-10-14-32(30)39)36(43)24-42(28-17-20-34(47-4)35(22-28)48-5)49(45,46)29-18-15-25(2)16-19-29/h7-20,22,26,33H,6,21,23-24H2,1-5H3,(H,40,44)/t26-,33-/m0/s1. The fourth-order valence-electron chi connectivity index (χ4n) is 5.20. The number of hydrogen-bond donors (Lipinski definition) is 1. The van der Waals surface area contributed by atoms with Crippen molar-refractivity contribution in [1.29, 1.82) is 0 Å². The van der Waals surface area contributed by atoms with Gasteiger partial charge in [-0.15, -0.1) is 0 Å². The van der Waals surface area contributed by atoms with Crippen LogP contribution in [-0.2, 0) is 32.6 Å². The monoisotopic (exact) mass is 725 g/mol. The zero-order chi connectivity index (χ0) is 35.7. The van der Waals surface area contributed by atoms with Crippen LogP contribution < -0.4 is 19.1 Å². The fraction of sp³-hybridized carbons (Fsp3) is 0.297. The Morgan fingerprint density at radius 1 is 0.857 bits per heavy atom. The molecule has 0 heterocycles. The highest BCUT2D eigenvalue weighted by Gasteiger charge is 2.36. The van der Waals surface area contributed by atoms with E-state index in [2.05, 4.69) is 5.32 Å². The van der Waals surface area contributed by atoms with Gasteiger partial charge in [-0.05, 0) is 62.2 Å². The minimum Gasteiger partial charge on any atom is -0.493 e. The lowest BCUT2D eigenvalue weighted by atomic mass is 10.0. The molecule has 0 aliphatic carbocycles. The lowest BCUT2D eigenvalue weighted by Crippen LogP contribution is -2.54. The molecule has 0 saturated carbocycles. The molecule has 0 unspecified atom stereocenters. The first-order chi connectivity index (χ1) is 23.4. The molecule has 0 aliphatic heterocycles. The summed E-state index contributed by atoms with van der Waals surface area (Å²) in [4.78, 5) is 30.1. The summed E-state index contributed by atoms with van der Waals surface area (Å²) in [5.41, 5.74) is 2.25. The first-order valence-corrected chi connectivity index (χ1v) is 18.0. The minimum absolute atomic E-state index is 0.0169. The number of ether oxygens (including phenoxy) is 2. The van der Waals surface area contributed by atoms with Gasteiger partial charge in [-0.25, -0.2) is 8.42 Å². The van der Waals surface area contributed by atoms with Gasteiger partial charge >= 0.3 is 0 Å². The zero-order valence-electron chi connectivity index (χ0n) is 28.2. The molecule has 49 heavy (non-hydrogen) atoms. The van der Waals surface area contributed by atoms with Gasteiger partial charge in [0.05, 0.1) is 24.8 Å². The van der Waals surface area contributed by atoms with E-state index in [4.69, 9.17) is 32.7 Å². The average molecular weight is 727 g/mol. The van der Waals surface area contributed by atoms with Crippen LogP contribution in [-0.4, -0.2) is 58.0 Å². The van der Waals surface area contributed by atoms with Crippen molar-refractivity contribution in [3.05, 3.63) is 118 Å². The number of nitrogens with zero attached hydrogens (tertiary/aromatic N) is 2. The van der Waals surface area contributed by atoms with Crippen LogP contribution in [0.15, 0.2) is 95.9 Å². The van der Waals surface area contributed by atoms with Crippen molar-refractivity contribution < 1.29 is 27.5 Å². The van der Waals surface area contributed by atoms with Crippen molar-refractivity contribution in [2.24, 2.45) is 0 Å². The molecule has 0 spiro atoms. The van der Waals surface area contributed by atoms with Crippen molar-refractivity contribution in [1.82, 2.24) is 10.2 Å². The summed E-state index contributed by atoms with van der Waals surface area (Å²) in [6.45, 7) is 4.85. The van der Waals surface area contributed by atoms with E-state index in [-0.39, 0.29) is 35.3 Å². The molecule has 12 heteroatoms. The van der Waals surface area contributed by atoms with Gasteiger partial charge in [0.25, 0.3) is 10.0 Å². The molecule has 0 bridgehead atoms. The first-order valence-electron chi connectivity index (χ1n) is 15.8. The summed E-state index contributed by atoms with van der Waals surface area (Å²) in [6, 6.07) is 24.0. The van der Waals surface area contributed by atoms with Crippen molar-refractivity contribution >= 4 is 50.7 Å². The van der Waals surface area contributed by atoms with E-state index in [0.29, 0.717) is 27.8 Å². The Bertz CT molecular complexity index is 1840. The predicted octanol–water partition coefficient (Wildman–Crippen LogP) is 7.07. The van der Waals surface area contributed by atoms with Gasteiger partial charge in [0.15, 0.2) is 11.5 Å². The second-order valence-electron chi connectivity index (χ2n) is 11.6. The van der Waals surface area contributed by atoms with Crippen LogP contribution in [0.1, 0.15) is 37.0 Å². The zero-order valence-corrected chi connectivity index (χ0v) is 30.5.